The number of nitrogens with one attached hydrogen (secondary N) is 1. The summed E-state index contributed by atoms with van der Waals surface area (Å²) in [6, 6.07) is 12.9. The highest BCUT2D eigenvalue weighted by atomic mass is 32.2. The molecule has 1 aromatic heterocycles. The van der Waals surface area contributed by atoms with E-state index in [1.165, 1.54) is 29.0 Å². The lowest BCUT2D eigenvalue weighted by Crippen LogP contribution is -2.25. The van der Waals surface area contributed by atoms with Crippen LogP contribution in [0.15, 0.2) is 75.7 Å². The SMILES string of the molecule is C=C(C)Cn1c(SCC(=O)N/N=C/c2cccc([N+](=O)[O-])c2)nc2ccccc2c1=O. The molecule has 0 saturated carbocycles. The van der Waals surface area contributed by atoms with Crippen molar-refractivity contribution in [2.45, 2.75) is 18.6 Å². The molecule has 0 aliphatic heterocycles. The lowest BCUT2D eigenvalue weighted by Gasteiger charge is -2.12. The van der Waals surface area contributed by atoms with Crippen LogP contribution in [0.2, 0.25) is 0 Å². The molecule has 1 heterocycles. The van der Waals surface area contributed by atoms with Gasteiger partial charge in [0.05, 0.1) is 27.8 Å². The molecule has 0 fully saturated rings. The van der Waals surface area contributed by atoms with Gasteiger partial charge in [-0.3, -0.25) is 24.3 Å². The van der Waals surface area contributed by atoms with Gasteiger partial charge in [0.2, 0.25) is 0 Å². The molecule has 0 unspecified atom stereocenters. The van der Waals surface area contributed by atoms with Crippen molar-refractivity contribution < 1.29 is 9.72 Å². The first-order valence-corrected chi connectivity index (χ1v) is 10.2. The summed E-state index contributed by atoms with van der Waals surface area (Å²) in [4.78, 5) is 39.8. The fourth-order valence-corrected chi connectivity index (χ4v) is 3.52. The van der Waals surface area contributed by atoms with Crippen LogP contribution in [0.1, 0.15) is 12.5 Å². The summed E-state index contributed by atoms with van der Waals surface area (Å²) >= 11 is 1.11. The number of nitrogens with zero attached hydrogens (tertiary/aromatic N) is 4. The van der Waals surface area contributed by atoms with Crippen molar-refractivity contribution in [3.05, 3.63) is 86.7 Å². The van der Waals surface area contributed by atoms with E-state index in [-0.39, 0.29) is 17.0 Å². The Morgan fingerprint density at radius 3 is 2.84 bits per heavy atom. The maximum Gasteiger partial charge on any atom is 0.270 e. The van der Waals surface area contributed by atoms with Crippen LogP contribution >= 0.6 is 11.8 Å². The maximum absolute atomic E-state index is 12.8. The Labute approximate surface area is 181 Å². The van der Waals surface area contributed by atoms with Gasteiger partial charge in [-0.1, -0.05) is 48.2 Å². The second-order valence-corrected chi connectivity index (χ2v) is 7.64. The number of allylic oxidation sites excluding steroid dienone is 1. The molecule has 0 aliphatic carbocycles. The van der Waals surface area contributed by atoms with Crippen LogP contribution in [0.5, 0.6) is 0 Å². The Morgan fingerprint density at radius 2 is 2.10 bits per heavy atom. The maximum atomic E-state index is 12.8. The number of nitro benzene ring substituents is 1. The zero-order chi connectivity index (χ0) is 22.4. The molecule has 0 spiro atoms. The van der Waals surface area contributed by atoms with Gasteiger partial charge in [-0.25, -0.2) is 10.4 Å². The first kappa shape index (κ1) is 21.9. The number of nitro groups is 1. The van der Waals surface area contributed by atoms with Gasteiger partial charge in [-0.15, -0.1) is 0 Å². The molecule has 1 amide bonds. The molecule has 0 saturated heterocycles. The largest absolute Gasteiger partial charge is 0.283 e. The normalized spacial score (nSPS) is 11.0. The Kier molecular flexibility index (Phi) is 6.93. The molecule has 9 nitrogen and oxygen atoms in total. The van der Waals surface area contributed by atoms with E-state index in [9.17, 15) is 19.7 Å². The number of aromatic nitrogens is 2. The highest BCUT2D eigenvalue weighted by Gasteiger charge is 2.13. The number of carbonyl (C=O) groups is 1. The summed E-state index contributed by atoms with van der Waals surface area (Å²) in [6.45, 7) is 5.97. The Morgan fingerprint density at radius 1 is 1.32 bits per heavy atom. The monoisotopic (exact) mass is 437 g/mol. The van der Waals surface area contributed by atoms with E-state index in [0.29, 0.717) is 28.2 Å². The fourth-order valence-electron chi connectivity index (χ4n) is 2.73. The van der Waals surface area contributed by atoms with Gasteiger partial charge >= 0.3 is 0 Å². The summed E-state index contributed by atoms with van der Waals surface area (Å²) in [5.41, 5.74) is 3.93. The summed E-state index contributed by atoms with van der Waals surface area (Å²) in [5, 5.41) is 15.5. The quantitative estimate of drug-likeness (QED) is 0.144. The molecule has 158 valence electrons. The second kappa shape index (κ2) is 9.81. The molecule has 31 heavy (non-hydrogen) atoms. The fraction of sp³-hybridized carbons (Fsp3) is 0.143. The minimum atomic E-state index is -0.506. The Hall–Kier alpha value is -3.79. The van der Waals surface area contributed by atoms with Crippen LogP contribution in [0.25, 0.3) is 10.9 Å². The predicted octanol–water partition coefficient (Wildman–Crippen LogP) is 3.12. The summed E-state index contributed by atoms with van der Waals surface area (Å²) in [5.74, 6) is -0.427. The molecule has 10 heteroatoms. The highest BCUT2D eigenvalue weighted by Crippen LogP contribution is 2.18. The van der Waals surface area contributed by atoms with E-state index in [4.69, 9.17) is 0 Å². The number of carbonyl (C=O) groups excluding carboxylic acids is 1. The van der Waals surface area contributed by atoms with E-state index in [2.05, 4.69) is 22.1 Å². The zero-order valence-electron chi connectivity index (χ0n) is 16.6. The van der Waals surface area contributed by atoms with E-state index >= 15 is 0 Å². The van der Waals surface area contributed by atoms with Crippen LogP contribution in [0, 0.1) is 10.1 Å². The number of fused-ring (bicyclic) bond motifs is 1. The summed E-state index contributed by atoms with van der Waals surface area (Å²) in [6.07, 6.45) is 1.32. The van der Waals surface area contributed by atoms with Gasteiger partial charge in [-0.2, -0.15) is 5.10 Å². The third-order valence-electron chi connectivity index (χ3n) is 4.07. The summed E-state index contributed by atoms with van der Waals surface area (Å²) in [7, 11) is 0. The molecule has 0 aliphatic rings. The molecule has 0 bridgehead atoms. The third kappa shape index (κ3) is 5.64. The molecule has 0 atom stereocenters. The standard InChI is InChI=1S/C21H19N5O4S/c1-14(2)12-25-20(28)17-8-3-4-9-18(17)23-21(25)31-13-19(27)24-22-11-15-6-5-7-16(10-15)26(29)30/h3-11H,1,12-13H2,2H3,(H,24,27)/b22-11+. The van der Waals surface area contributed by atoms with Gasteiger partial charge in [0.15, 0.2) is 5.16 Å². The lowest BCUT2D eigenvalue weighted by molar-refractivity contribution is -0.384. The molecule has 2 aromatic carbocycles. The number of amides is 1. The topological polar surface area (TPSA) is 119 Å². The predicted molar refractivity (Wildman–Crippen MR) is 120 cm³/mol. The number of non-ortho nitro benzene ring substituents is 1. The average Bonchev–Trinajstić information content (AvgIpc) is 2.74. The van der Waals surface area contributed by atoms with Gasteiger partial charge in [-0.05, 0) is 19.1 Å². The minimum absolute atomic E-state index is 0.0206. The number of thioether (sulfide) groups is 1. The smallest absolute Gasteiger partial charge is 0.270 e. The highest BCUT2D eigenvalue weighted by molar-refractivity contribution is 7.99. The number of hydrogen-bond acceptors (Lipinski definition) is 7. The average molecular weight is 437 g/mol. The van der Waals surface area contributed by atoms with Crippen molar-refractivity contribution in [2.75, 3.05) is 5.75 Å². The third-order valence-corrected chi connectivity index (χ3v) is 5.05. The number of hydrazone groups is 1. The molecule has 1 N–H and O–H groups in total. The van der Waals surface area contributed by atoms with Crippen molar-refractivity contribution in [1.29, 1.82) is 0 Å². The molecular formula is C21H19N5O4S. The van der Waals surface area contributed by atoms with Crippen molar-refractivity contribution in [1.82, 2.24) is 15.0 Å². The molecule has 3 rings (SSSR count). The van der Waals surface area contributed by atoms with Crippen LogP contribution in [-0.4, -0.2) is 32.3 Å². The number of benzene rings is 2. The Bertz CT molecular complexity index is 1250. The van der Waals surface area contributed by atoms with Crippen molar-refractivity contribution in [2.24, 2.45) is 5.10 Å². The summed E-state index contributed by atoms with van der Waals surface area (Å²) < 4.78 is 1.50. The van der Waals surface area contributed by atoms with E-state index < -0.39 is 10.8 Å². The number of rotatable bonds is 8. The number of para-hydroxylation sites is 1. The second-order valence-electron chi connectivity index (χ2n) is 6.69. The van der Waals surface area contributed by atoms with Crippen LogP contribution < -0.4 is 11.0 Å². The van der Waals surface area contributed by atoms with Gasteiger partial charge in [0, 0.05) is 24.2 Å². The number of hydrogen-bond donors (Lipinski definition) is 1. The van der Waals surface area contributed by atoms with Crippen LogP contribution in [0.3, 0.4) is 0 Å². The molecular weight excluding hydrogens is 418 g/mol. The van der Waals surface area contributed by atoms with Crippen molar-refractivity contribution >= 4 is 40.5 Å². The van der Waals surface area contributed by atoms with Gasteiger partial charge in [0.1, 0.15) is 0 Å². The van der Waals surface area contributed by atoms with Crippen molar-refractivity contribution in [3.8, 4) is 0 Å². The van der Waals surface area contributed by atoms with E-state index in [1.807, 2.05) is 6.92 Å². The van der Waals surface area contributed by atoms with Gasteiger partial charge < -0.3 is 0 Å². The van der Waals surface area contributed by atoms with E-state index in [0.717, 1.165) is 17.3 Å². The molecule has 3 aromatic rings. The van der Waals surface area contributed by atoms with Crippen LogP contribution in [0.4, 0.5) is 5.69 Å². The Balaban J connectivity index is 1.71. The van der Waals surface area contributed by atoms with Gasteiger partial charge in [0.25, 0.3) is 17.2 Å². The van der Waals surface area contributed by atoms with Crippen LogP contribution in [-0.2, 0) is 11.3 Å². The van der Waals surface area contributed by atoms with E-state index in [1.54, 1.807) is 30.3 Å². The lowest BCUT2D eigenvalue weighted by atomic mass is 10.2. The first-order chi connectivity index (χ1) is 14.8. The molecule has 0 radical (unpaired) electrons. The zero-order valence-corrected chi connectivity index (χ0v) is 17.5. The first-order valence-electron chi connectivity index (χ1n) is 9.18. The van der Waals surface area contributed by atoms with Crippen molar-refractivity contribution in [3.63, 3.8) is 0 Å². The minimum Gasteiger partial charge on any atom is -0.283 e.